The van der Waals surface area contributed by atoms with Crippen LogP contribution in [0.25, 0.3) is 0 Å². The molecule has 0 atom stereocenters. The zero-order valence-corrected chi connectivity index (χ0v) is 12.1. The molecule has 2 rings (SSSR count). The van der Waals surface area contributed by atoms with Gasteiger partial charge in [0.2, 0.25) is 5.91 Å². The summed E-state index contributed by atoms with van der Waals surface area (Å²) in [5.74, 6) is -0.0368. The van der Waals surface area contributed by atoms with Crippen molar-refractivity contribution in [3.05, 3.63) is 29.3 Å². The molecule has 0 radical (unpaired) electrons. The third kappa shape index (κ3) is 4.10. The minimum atomic E-state index is -0.0368. The van der Waals surface area contributed by atoms with Gasteiger partial charge in [0.1, 0.15) is 0 Å². The molecule has 0 unspecified atom stereocenters. The van der Waals surface area contributed by atoms with Crippen molar-refractivity contribution in [2.24, 2.45) is 0 Å². The smallest absolute Gasteiger partial charge is 0.234 e. The number of piperazine rings is 1. The van der Waals surface area contributed by atoms with E-state index in [-0.39, 0.29) is 12.5 Å². The van der Waals surface area contributed by atoms with Gasteiger partial charge in [-0.1, -0.05) is 23.7 Å². The van der Waals surface area contributed by atoms with E-state index in [9.17, 15) is 4.79 Å². The fourth-order valence-corrected chi connectivity index (χ4v) is 2.56. The highest BCUT2D eigenvalue weighted by Gasteiger charge is 2.20. The van der Waals surface area contributed by atoms with Crippen molar-refractivity contribution in [3.63, 3.8) is 0 Å². The van der Waals surface area contributed by atoms with E-state index < -0.39 is 0 Å². The van der Waals surface area contributed by atoms with Gasteiger partial charge in [0.05, 0.1) is 23.9 Å². The third-order valence-corrected chi connectivity index (χ3v) is 3.69. The zero-order chi connectivity index (χ0) is 14.4. The number of rotatable bonds is 5. The van der Waals surface area contributed by atoms with Crippen molar-refractivity contribution >= 4 is 23.2 Å². The number of aliphatic hydroxyl groups excluding tert-OH is 1. The minimum absolute atomic E-state index is 0.0218. The van der Waals surface area contributed by atoms with Crippen LogP contribution in [0.5, 0.6) is 0 Å². The van der Waals surface area contributed by atoms with Crippen molar-refractivity contribution in [1.82, 2.24) is 10.2 Å². The molecule has 6 heteroatoms. The number of benzene rings is 1. The summed E-state index contributed by atoms with van der Waals surface area (Å²) in [5.41, 5.74) is 1.05. The van der Waals surface area contributed by atoms with Crippen molar-refractivity contribution in [1.29, 1.82) is 0 Å². The molecule has 0 bridgehead atoms. The van der Waals surface area contributed by atoms with Gasteiger partial charge in [-0.2, -0.15) is 0 Å². The maximum Gasteiger partial charge on any atom is 0.234 e. The lowest BCUT2D eigenvalue weighted by Crippen LogP contribution is -2.49. The van der Waals surface area contributed by atoms with E-state index in [1.165, 1.54) is 0 Å². The van der Waals surface area contributed by atoms with Gasteiger partial charge in [0, 0.05) is 32.7 Å². The molecule has 2 N–H and O–H groups in total. The van der Waals surface area contributed by atoms with Crippen molar-refractivity contribution in [2.45, 2.75) is 0 Å². The number of halogens is 1. The number of carbonyl (C=O) groups excluding carboxylic acids is 1. The average Bonchev–Trinajstić information content (AvgIpc) is 2.47. The Bertz CT molecular complexity index is 448. The second-order valence-electron chi connectivity index (χ2n) is 4.79. The summed E-state index contributed by atoms with van der Waals surface area (Å²) >= 11 is 6.19. The van der Waals surface area contributed by atoms with Gasteiger partial charge >= 0.3 is 0 Å². The van der Waals surface area contributed by atoms with Crippen molar-refractivity contribution < 1.29 is 9.90 Å². The van der Waals surface area contributed by atoms with Crippen LogP contribution in [0.4, 0.5) is 5.69 Å². The summed E-state index contributed by atoms with van der Waals surface area (Å²) < 4.78 is 0. The maximum absolute atomic E-state index is 11.6. The Balaban J connectivity index is 1.81. The molecule has 1 fully saturated rings. The Morgan fingerprint density at radius 2 is 1.95 bits per heavy atom. The number of amides is 1. The van der Waals surface area contributed by atoms with Crippen LogP contribution < -0.4 is 10.2 Å². The standard InChI is InChI=1S/C14H20ClN3O2/c15-12-3-1-2-4-13(12)18-8-6-17(7-9-18)11-14(20)16-5-10-19/h1-4,19H,5-11H2,(H,16,20). The number of anilines is 1. The van der Waals surface area contributed by atoms with E-state index in [1.807, 2.05) is 24.3 Å². The molecule has 110 valence electrons. The molecular formula is C14H20ClN3O2. The maximum atomic E-state index is 11.6. The van der Waals surface area contributed by atoms with E-state index in [2.05, 4.69) is 15.1 Å². The average molecular weight is 298 g/mol. The molecule has 1 heterocycles. The minimum Gasteiger partial charge on any atom is -0.395 e. The third-order valence-electron chi connectivity index (χ3n) is 3.37. The lowest BCUT2D eigenvalue weighted by Gasteiger charge is -2.36. The number of nitrogens with one attached hydrogen (secondary N) is 1. The first kappa shape index (κ1) is 15.1. The van der Waals surface area contributed by atoms with Crippen LogP contribution in [0.2, 0.25) is 5.02 Å². The Hall–Kier alpha value is -1.30. The quantitative estimate of drug-likeness (QED) is 0.834. The van der Waals surface area contributed by atoms with Gasteiger partial charge in [-0.3, -0.25) is 9.69 Å². The Labute approximate surface area is 124 Å². The summed E-state index contributed by atoms with van der Waals surface area (Å²) in [5, 5.41) is 12.1. The molecule has 1 aliphatic heterocycles. The summed E-state index contributed by atoms with van der Waals surface area (Å²) in [6.45, 7) is 4.06. The van der Waals surface area contributed by atoms with E-state index in [0.717, 1.165) is 36.9 Å². The molecule has 1 aliphatic rings. The highest BCUT2D eigenvalue weighted by molar-refractivity contribution is 6.33. The van der Waals surface area contributed by atoms with Crippen molar-refractivity contribution in [3.8, 4) is 0 Å². The van der Waals surface area contributed by atoms with Gasteiger partial charge in [0.15, 0.2) is 0 Å². The second kappa shape index (κ2) is 7.47. The van der Waals surface area contributed by atoms with Crippen molar-refractivity contribution in [2.75, 3.05) is 50.8 Å². The number of hydrogen-bond donors (Lipinski definition) is 2. The van der Waals surface area contributed by atoms with E-state index >= 15 is 0 Å². The molecule has 0 spiro atoms. The zero-order valence-electron chi connectivity index (χ0n) is 11.4. The lowest BCUT2D eigenvalue weighted by molar-refractivity contribution is -0.122. The molecule has 0 aliphatic carbocycles. The Morgan fingerprint density at radius 3 is 2.60 bits per heavy atom. The van der Waals surface area contributed by atoms with E-state index in [1.54, 1.807) is 0 Å². The predicted octanol–water partition coefficient (Wildman–Crippen LogP) is 0.571. The number of carbonyl (C=O) groups is 1. The second-order valence-corrected chi connectivity index (χ2v) is 5.20. The first-order valence-electron chi connectivity index (χ1n) is 6.80. The van der Waals surface area contributed by atoms with E-state index in [4.69, 9.17) is 16.7 Å². The summed E-state index contributed by atoms with van der Waals surface area (Å²) in [6, 6.07) is 7.82. The molecule has 1 saturated heterocycles. The van der Waals surface area contributed by atoms with Gasteiger partial charge < -0.3 is 15.3 Å². The predicted molar refractivity (Wildman–Crippen MR) is 80.2 cm³/mol. The van der Waals surface area contributed by atoms with Gasteiger partial charge in [0.25, 0.3) is 0 Å². The van der Waals surface area contributed by atoms with Gasteiger partial charge in [-0.05, 0) is 12.1 Å². The summed E-state index contributed by atoms with van der Waals surface area (Å²) in [4.78, 5) is 15.9. The van der Waals surface area contributed by atoms with Crippen LogP contribution >= 0.6 is 11.6 Å². The fourth-order valence-electron chi connectivity index (χ4n) is 2.31. The fraction of sp³-hybridized carbons (Fsp3) is 0.500. The normalized spacial score (nSPS) is 16.2. The number of aliphatic hydroxyl groups is 1. The summed E-state index contributed by atoms with van der Waals surface area (Å²) in [6.07, 6.45) is 0. The Morgan fingerprint density at radius 1 is 1.25 bits per heavy atom. The van der Waals surface area contributed by atoms with Crippen LogP contribution in [0, 0.1) is 0 Å². The molecule has 1 amide bonds. The van der Waals surface area contributed by atoms with E-state index in [0.29, 0.717) is 13.1 Å². The number of para-hydroxylation sites is 1. The molecule has 0 aromatic heterocycles. The molecule has 1 aromatic rings. The van der Waals surface area contributed by atoms with Crippen LogP contribution in [0.15, 0.2) is 24.3 Å². The number of hydrogen-bond acceptors (Lipinski definition) is 4. The highest BCUT2D eigenvalue weighted by atomic mass is 35.5. The lowest BCUT2D eigenvalue weighted by atomic mass is 10.2. The van der Waals surface area contributed by atoms with Crippen LogP contribution in [-0.2, 0) is 4.79 Å². The topological polar surface area (TPSA) is 55.8 Å². The Kier molecular flexibility index (Phi) is 5.64. The highest BCUT2D eigenvalue weighted by Crippen LogP contribution is 2.25. The molecule has 20 heavy (non-hydrogen) atoms. The van der Waals surface area contributed by atoms with Crippen LogP contribution in [0.3, 0.4) is 0 Å². The SMILES string of the molecule is O=C(CN1CCN(c2ccccc2Cl)CC1)NCCO. The summed E-state index contributed by atoms with van der Waals surface area (Å²) in [7, 11) is 0. The molecule has 0 saturated carbocycles. The van der Waals surface area contributed by atoms with Gasteiger partial charge in [-0.15, -0.1) is 0 Å². The number of nitrogens with zero attached hydrogens (tertiary/aromatic N) is 2. The van der Waals surface area contributed by atoms with Gasteiger partial charge in [-0.25, -0.2) is 0 Å². The van der Waals surface area contributed by atoms with Crippen LogP contribution in [-0.4, -0.2) is 61.8 Å². The molecular weight excluding hydrogens is 278 g/mol. The van der Waals surface area contributed by atoms with Crippen LogP contribution in [0.1, 0.15) is 0 Å². The first-order chi connectivity index (χ1) is 9.70. The largest absolute Gasteiger partial charge is 0.395 e. The molecule has 5 nitrogen and oxygen atoms in total. The first-order valence-corrected chi connectivity index (χ1v) is 7.18. The molecule has 1 aromatic carbocycles. The monoisotopic (exact) mass is 297 g/mol.